The molecule has 0 aliphatic heterocycles. The average molecular weight is 261 g/mol. The van der Waals surface area contributed by atoms with Gasteiger partial charge < -0.3 is 10.5 Å². The molecule has 1 fully saturated rings. The molecule has 106 valence electrons. The van der Waals surface area contributed by atoms with E-state index >= 15 is 0 Å². The van der Waals surface area contributed by atoms with E-state index < -0.39 is 0 Å². The highest BCUT2D eigenvalue weighted by Gasteiger charge is 2.33. The fourth-order valence-electron chi connectivity index (χ4n) is 3.71. The van der Waals surface area contributed by atoms with Crippen molar-refractivity contribution in [3.05, 3.63) is 29.8 Å². The minimum atomic E-state index is 0.0387. The topological polar surface area (TPSA) is 35.2 Å². The summed E-state index contributed by atoms with van der Waals surface area (Å²) in [4.78, 5) is 0. The molecule has 2 rings (SSSR count). The minimum Gasteiger partial charge on any atom is -0.497 e. The van der Waals surface area contributed by atoms with E-state index in [2.05, 4.69) is 26.0 Å². The van der Waals surface area contributed by atoms with E-state index in [1.54, 1.807) is 7.11 Å². The van der Waals surface area contributed by atoms with Gasteiger partial charge in [0.1, 0.15) is 5.75 Å². The van der Waals surface area contributed by atoms with Crippen LogP contribution in [0.3, 0.4) is 0 Å². The van der Waals surface area contributed by atoms with Crippen LogP contribution in [0.4, 0.5) is 0 Å². The zero-order chi connectivity index (χ0) is 13.9. The van der Waals surface area contributed by atoms with Crippen LogP contribution in [0.15, 0.2) is 24.3 Å². The normalized spacial score (nSPS) is 31.2. The van der Waals surface area contributed by atoms with Gasteiger partial charge >= 0.3 is 0 Å². The molecule has 1 aliphatic carbocycles. The monoisotopic (exact) mass is 261 g/mol. The third kappa shape index (κ3) is 3.97. The third-order valence-corrected chi connectivity index (χ3v) is 4.39. The number of ether oxygens (including phenoxy) is 1. The molecule has 0 bridgehead atoms. The Kier molecular flexibility index (Phi) is 4.51. The standard InChI is InChI=1S/C17H27NO/c1-13-10-14(2)12-17(18,11-13)9-8-15-4-6-16(19-3)7-5-15/h4-7,13-14H,8-12,18H2,1-3H3. The maximum atomic E-state index is 6.62. The summed E-state index contributed by atoms with van der Waals surface area (Å²) in [7, 11) is 1.70. The quantitative estimate of drug-likeness (QED) is 0.895. The number of nitrogens with two attached hydrogens (primary N) is 1. The molecule has 0 amide bonds. The summed E-state index contributed by atoms with van der Waals surface area (Å²) in [5.74, 6) is 2.46. The lowest BCUT2D eigenvalue weighted by atomic mass is 9.70. The lowest BCUT2D eigenvalue weighted by Crippen LogP contribution is -2.46. The van der Waals surface area contributed by atoms with Crippen molar-refractivity contribution in [2.24, 2.45) is 17.6 Å². The maximum Gasteiger partial charge on any atom is 0.118 e. The van der Waals surface area contributed by atoms with E-state index in [0.717, 1.165) is 30.4 Å². The molecule has 0 saturated heterocycles. The van der Waals surface area contributed by atoms with Gasteiger partial charge in [-0.1, -0.05) is 26.0 Å². The van der Waals surface area contributed by atoms with Crippen LogP contribution < -0.4 is 10.5 Å². The summed E-state index contributed by atoms with van der Waals surface area (Å²) in [6.45, 7) is 4.68. The highest BCUT2D eigenvalue weighted by Crippen LogP contribution is 2.36. The molecular formula is C17H27NO. The molecule has 0 aromatic heterocycles. The summed E-state index contributed by atoms with van der Waals surface area (Å²) in [6.07, 6.45) is 5.84. The number of benzene rings is 1. The van der Waals surface area contributed by atoms with Gasteiger partial charge in [-0.2, -0.15) is 0 Å². The number of rotatable bonds is 4. The Balaban J connectivity index is 1.93. The van der Waals surface area contributed by atoms with Crippen LogP contribution in [-0.2, 0) is 6.42 Å². The first-order valence-corrected chi connectivity index (χ1v) is 7.42. The van der Waals surface area contributed by atoms with Crippen molar-refractivity contribution in [1.29, 1.82) is 0 Å². The molecule has 2 N–H and O–H groups in total. The van der Waals surface area contributed by atoms with Gasteiger partial charge in [0.15, 0.2) is 0 Å². The largest absolute Gasteiger partial charge is 0.497 e. The van der Waals surface area contributed by atoms with Gasteiger partial charge in [-0.05, 0) is 61.6 Å². The van der Waals surface area contributed by atoms with Crippen molar-refractivity contribution in [2.45, 2.75) is 51.5 Å². The minimum absolute atomic E-state index is 0.0387. The van der Waals surface area contributed by atoms with Crippen LogP contribution in [0.2, 0.25) is 0 Å². The summed E-state index contributed by atoms with van der Waals surface area (Å²) in [6, 6.07) is 8.37. The SMILES string of the molecule is COc1ccc(CCC2(N)CC(C)CC(C)C2)cc1. The molecule has 1 aromatic carbocycles. The molecule has 2 nitrogen and oxygen atoms in total. The Morgan fingerprint density at radius 2 is 1.74 bits per heavy atom. The van der Waals surface area contributed by atoms with Crippen molar-refractivity contribution >= 4 is 0 Å². The molecule has 1 saturated carbocycles. The Hall–Kier alpha value is -1.02. The van der Waals surface area contributed by atoms with Crippen LogP contribution in [-0.4, -0.2) is 12.6 Å². The fraction of sp³-hybridized carbons (Fsp3) is 0.647. The Morgan fingerprint density at radius 1 is 1.16 bits per heavy atom. The fourth-order valence-corrected chi connectivity index (χ4v) is 3.71. The molecule has 19 heavy (non-hydrogen) atoms. The first-order chi connectivity index (χ1) is 9.00. The van der Waals surface area contributed by atoms with Gasteiger partial charge in [0.05, 0.1) is 7.11 Å². The van der Waals surface area contributed by atoms with Crippen molar-refractivity contribution < 1.29 is 4.74 Å². The molecule has 1 aliphatic rings. The van der Waals surface area contributed by atoms with E-state index in [0.29, 0.717) is 0 Å². The number of aryl methyl sites for hydroxylation is 1. The molecule has 2 atom stereocenters. The average Bonchev–Trinajstić information content (AvgIpc) is 2.35. The number of methoxy groups -OCH3 is 1. The van der Waals surface area contributed by atoms with E-state index in [4.69, 9.17) is 10.5 Å². The molecule has 2 heteroatoms. The maximum absolute atomic E-state index is 6.62. The molecule has 0 radical (unpaired) electrons. The predicted octanol–water partition coefficient (Wildman–Crippen LogP) is 3.78. The van der Waals surface area contributed by atoms with Crippen molar-refractivity contribution in [3.63, 3.8) is 0 Å². The first kappa shape index (κ1) is 14.4. The van der Waals surface area contributed by atoms with Gasteiger partial charge in [-0.3, -0.25) is 0 Å². The summed E-state index contributed by atoms with van der Waals surface area (Å²) in [5.41, 5.74) is 8.02. The van der Waals surface area contributed by atoms with Crippen LogP contribution in [0.1, 0.15) is 45.1 Å². The van der Waals surface area contributed by atoms with Crippen LogP contribution >= 0.6 is 0 Å². The zero-order valence-corrected chi connectivity index (χ0v) is 12.5. The summed E-state index contributed by atoms with van der Waals surface area (Å²) in [5, 5.41) is 0. The van der Waals surface area contributed by atoms with Gasteiger partial charge in [0.25, 0.3) is 0 Å². The molecular weight excluding hydrogens is 234 g/mol. The second kappa shape index (κ2) is 5.96. The van der Waals surface area contributed by atoms with E-state index in [1.807, 2.05) is 12.1 Å². The molecule has 1 aromatic rings. The van der Waals surface area contributed by atoms with Gasteiger partial charge in [-0.25, -0.2) is 0 Å². The Bertz CT molecular complexity index is 388. The predicted molar refractivity (Wildman–Crippen MR) is 80.4 cm³/mol. The van der Waals surface area contributed by atoms with E-state index in [1.165, 1.54) is 24.8 Å². The summed E-state index contributed by atoms with van der Waals surface area (Å²) >= 11 is 0. The van der Waals surface area contributed by atoms with Crippen LogP contribution in [0, 0.1) is 11.8 Å². The van der Waals surface area contributed by atoms with Gasteiger partial charge in [0.2, 0.25) is 0 Å². The van der Waals surface area contributed by atoms with Crippen molar-refractivity contribution in [1.82, 2.24) is 0 Å². The highest BCUT2D eigenvalue weighted by atomic mass is 16.5. The first-order valence-electron chi connectivity index (χ1n) is 7.42. The Morgan fingerprint density at radius 3 is 2.26 bits per heavy atom. The van der Waals surface area contributed by atoms with E-state index in [9.17, 15) is 0 Å². The highest BCUT2D eigenvalue weighted by molar-refractivity contribution is 5.27. The second-order valence-corrected chi connectivity index (χ2v) is 6.56. The molecule has 2 unspecified atom stereocenters. The van der Waals surface area contributed by atoms with Crippen LogP contribution in [0.25, 0.3) is 0 Å². The third-order valence-electron chi connectivity index (χ3n) is 4.39. The number of hydrogen-bond donors (Lipinski definition) is 1. The molecule has 0 spiro atoms. The summed E-state index contributed by atoms with van der Waals surface area (Å²) < 4.78 is 5.19. The second-order valence-electron chi connectivity index (χ2n) is 6.56. The van der Waals surface area contributed by atoms with Crippen molar-refractivity contribution in [3.8, 4) is 5.75 Å². The van der Waals surface area contributed by atoms with E-state index in [-0.39, 0.29) is 5.54 Å². The zero-order valence-electron chi connectivity index (χ0n) is 12.5. The number of hydrogen-bond acceptors (Lipinski definition) is 2. The van der Waals surface area contributed by atoms with Gasteiger partial charge in [0, 0.05) is 5.54 Å². The van der Waals surface area contributed by atoms with Crippen LogP contribution in [0.5, 0.6) is 5.75 Å². The Labute approximate surface area is 117 Å². The lowest BCUT2D eigenvalue weighted by Gasteiger charge is -2.40. The smallest absolute Gasteiger partial charge is 0.118 e. The molecule has 0 heterocycles. The van der Waals surface area contributed by atoms with Crippen molar-refractivity contribution in [2.75, 3.05) is 7.11 Å². The van der Waals surface area contributed by atoms with Gasteiger partial charge in [-0.15, -0.1) is 0 Å². The lowest BCUT2D eigenvalue weighted by molar-refractivity contribution is 0.173.